The smallest absolute Gasteiger partial charge is 0.310 e. The molecule has 0 amide bonds. The largest absolute Gasteiger partial charge is 0.466 e. The van der Waals surface area contributed by atoms with Crippen molar-refractivity contribution in [1.82, 2.24) is 9.88 Å². The third-order valence-corrected chi connectivity index (χ3v) is 3.45. The van der Waals surface area contributed by atoms with E-state index in [0.717, 1.165) is 38.0 Å². The highest BCUT2D eigenvalue weighted by molar-refractivity contribution is 5.72. The Balaban J connectivity index is 1.94. The Morgan fingerprint density at radius 1 is 1.63 bits per heavy atom. The molecule has 1 fully saturated rings. The fraction of sp³-hybridized carbons (Fsp3) is 0.571. The number of ether oxygens (including phenoxy) is 1. The van der Waals surface area contributed by atoms with Crippen LogP contribution in [0.3, 0.4) is 0 Å². The van der Waals surface area contributed by atoms with Crippen LogP contribution in [0, 0.1) is 5.92 Å². The number of nitrogens with zero attached hydrogens (tertiary/aromatic N) is 2. The Kier molecular flexibility index (Phi) is 4.74. The Labute approximate surface area is 113 Å². The van der Waals surface area contributed by atoms with E-state index in [0.29, 0.717) is 12.4 Å². The molecular formula is C14H21N3O2. The molecule has 5 heteroatoms. The maximum atomic E-state index is 11.8. The van der Waals surface area contributed by atoms with E-state index in [1.165, 1.54) is 0 Å². The van der Waals surface area contributed by atoms with Gasteiger partial charge in [0.1, 0.15) is 5.82 Å². The molecule has 2 rings (SSSR count). The third kappa shape index (κ3) is 3.67. The zero-order valence-corrected chi connectivity index (χ0v) is 11.3. The van der Waals surface area contributed by atoms with Crippen LogP contribution in [0.5, 0.6) is 0 Å². The lowest BCUT2D eigenvalue weighted by molar-refractivity contribution is -0.150. The fourth-order valence-corrected chi connectivity index (χ4v) is 2.48. The first-order valence-electron chi connectivity index (χ1n) is 6.79. The first-order chi connectivity index (χ1) is 9.20. The van der Waals surface area contributed by atoms with Crippen LogP contribution in [-0.4, -0.2) is 35.5 Å². The van der Waals surface area contributed by atoms with E-state index >= 15 is 0 Å². The Morgan fingerprint density at radius 2 is 2.47 bits per heavy atom. The highest BCUT2D eigenvalue weighted by Gasteiger charge is 2.26. The van der Waals surface area contributed by atoms with Crippen LogP contribution in [0.2, 0.25) is 0 Å². The van der Waals surface area contributed by atoms with E-state index in [1.54, 1.807) is 6.20 Å². The number of pyridine rings is 1. The van der Waals surface area contributed by atoms with Gasteiger partial charge in [0.2, 0.25) is 0 Å². The van der Waals surface area contributed by atoms with Crippen molar-refractivity contribution in [3.63, 3.8) is 0 Å². The first kappa shape index (κ1) is 13.8. The minimum absolute atomic E-state index is 0.00778. The Bertz CT molecular complexity index is 436. The molecule has 0 radical (unpaired) electrons. The van der Waals surface area contributed by atoms with Gasteiger partial charge in [-0.1, -0.05) is 6.07 Å². The average molecular weight is 263 g/mol. The molecule has 0 saturated carbocycles. The minimum Gasteiger partial charge on any atom is -0.466 e. The van der Waals surface area contributed by atoms with Crippen molar-refractivity contribution >= 4 is 11.8 Å². The average Bonchev–Trinajstić information content (AvgIpc) is 2.42. The lowest BCUT2D eigenvalue weighted by atomic mass is 9.98. The summed E-state index contributed by atoms with van der Waals surface area (Å²) in [5, 5.41) is 0. The van der Waals surface area contributed by atoms with Crippen molar-refractivity contribution in [2.45, 2.75) is 26.3 Å². The van der Waals surface area contributed by atoms with Crippen molar-refractivity contribution in [3.05, 3.63) is 23.9 Å². The topological polar surface area (TPSA) is 68.5 Å². The van der Waals surface area contributed by atoms with Crippen molar-refractivity contribution in [3.8, 4) is 0 Å². The van der Waals surface area contributed by atoms with Crippen LogP contribution >= 0.6 is 0 Å². The maximum Gasteiger partial charge on any atom is 0.310 e. The van der Waals surface area contributed by atoms with E-state index in [1.807, 2.05) is 19.1 Å². The standard InChI is InChI=1S/C14H21N3O2/c1-2-19-14(18)12-6-4-8-17(10-12)9-11-5-3-7-16-13(11)15/h3,5,7,12H,2,4,6,8-10H2,1H3,(H2,15,16). The fourth-order valence-electron chi connectivity index (χ4n) is 2.48. The van der Waals surface area contributed by atoms with E-state index in [-0.39, 0.29) is 11.9 Å². The molecule has 1 atom stereocenters. The molecule has 0 aromatic carbocycles. The van der Waals surface area contributed by atoms with Crippen LogP contribution in [0.4, 0.5) is 5.82 Å². The van der Waals surface area contributed by atoms with E-state index < -0.39 is 0 Å². The number of aromatic nitrogens is 1. The van der Waals surface area contributed by atoms with Gasteiger partial charge >= 0.3 is 5.97 Å². The number of anilines is 1. The van der Waals surface area contributed by atoms with Gasteiger partial charge in [0.15, 0.2) is 0 Å². The SMILES string of the molecule is CCOC(=O)C1CCCN(Cc2cccnc2N)C1. The molecule has 0 bridgehead atoms. The molecule has 0 spiro atoms. The van der Waals surface area contributed by atoms with Gasteiger partial charge in [0.25, 0.3) is 0 Å². The molecule has 2 N–H and O–H groups in total. The summed E-state index contributed by atoms with van der Waals surface area (Å²) in [6, 6.07) is 3.87. The van der Waals surface area contributed by atoms with Crippen molar-refractivity contribution in [2.75, 3.05) is 25.4 Å². The van der Waals surface area contributed by atoms with Gasteiger partial charge in [-0.3, -0.25) is 9.69 Å². The number of carbonyl (C=O) groups excluding carboxylic acids is 1. The third-order valence-electron chi connectivity index (χ3n) is 3.45. The number of nitrogen functional groups attached to an aromatic ring is 1. The highest BCUT2D eigenvalue weighted by Crippen LogP contribution is 2.21. The van der Waals surface area contributed by atoms with Gasteiger partial charge in [0.05, 0.1) is 12.5 Å². The van der Waals surface area contributed by atoms with Gasteiger partial charge < -0.3 is 10.5 Å². The predicted octanol–water partition coefficient (Wildman–Crippen LogP) is 1.44. The highest BCUT2D eigenvalue weighted by atomic mass is 16.5. The number of esters is 1. The number of hydrogen-bond donors (Lipinski definition) is 1. The molecule has 1 aromatic heterocycles. The molecule has 19 heavy (non-hydrogen) atoms. The number of rotatable bonds is 4. The summed E-state index contributed by atoms with van der Waals surface area (Å²) < 4.78 is 5.10. The quantitative estimate of drug-likeness (QED) is 0.832. The number of carbonyl (C=O) groups is 1. The summed E-state index contributed by atoms with van der Waals surface area (Å²) in [4.78, 5) is 18.1. The zero-order valence-electron chi connectivity index (χ0n) is 11.3. The van der Waals surface area contributed by atoms with Crippen LogP contribution in [0.1, 0.15) is 25.3 Å². The van der Waals surface area contributed by atoms with Gasteiger partial charge in [0, 0.05) is 24.8 Å². The molecule has 1 saturated heterocycles. The number of piperidine rings is 1. The summed E-state index contributed by atoms with van der Waals surface area (Å²) in [6.07, 6.45) is 3.62. The first-order valence-corrected chi connectivity index (χ1v) is 6.79. The summed E-state index contributed by atoms with van der Waals surface area (Å²) in [5.41, 5.74) is 6.87. The van der Waals surface area contributed by atoms with E-state index in [9.17, 15) is 4.79 Å². The molecule has 1 aliphatic rings. The maximum absolute atomic E-state index is 11.8. The molecule has 5 nitrogen and oxygen atoms in total. The number of nitrogens with two attached hydrogens (primary N) is 1. The Hall–Kier alpha value is -1.62. The van der Waals surface area contributed by atoms with Gasteiger partial charge in [-0.25, -0.2) is 4.98 Å². The van der Waals surface area contributed by atoms with E-state index in [2.05, 4.69) is 9.88 Å². The molecule has 2 heterocycles. The van der Waals surface area contributed by atoms with Crippen molar-refractivity contribution in [2.24, 2.45) is 5.92 Å². The van der Waals surface area contributed by atoms with Crippen molar-refractivity contribution < 1.29 is 9.53 Å². The predicted molar refractivity (Wildman–Crippen MR) is 73.3 cm³/mol. The zero-order chi connectivity index (χ0) is 13.7. The minimum atomic E-state index is -0.0774. The summed E-state index contributed by atoms with van der Waals surface area (Å²) in [5.74, 6) is 0.485. The molecule has 1 unspecified atom stereocenters. The molecule has 0 aliphatic carbocycles. The van der Waals surface area contributed by atoms with Gasteiger partial charge in [-0.2, -0.15) is 0 Å². The Morgan fingerprint density at radius 3 is 3.21 bits per heavy atom. The van der Waals surface area contributed by atoms with Gasteiger partial charge in [-0.05, 0) is 32.4 Å². The summed E-state index contributed by atoms with van der Waals surface area (Å²) >= 11 is 0. The second-order valence-electron chi connectivity index (χ2n) is 4.87. The van der Waals surface area contributed by atoms with E-state index in [4.69, 9.17) is 10.5 Å². The van der Waals surface area contributed by atoms with Crippen LogP contribution in [-0.2, 0) is 16.1 Å². The lowest BCUT2D eigenvalue weighted by Gasteiger charge is -2.31. The van der Waals surface area contributed by atoms with Crippen LogP contribution in [0.25, 0.3) is 0 Å². The van der Waals surface area contributed by atoms with Gasteiger partial charge in [-0.15, -0.1) is 0 Å². The molecule has 1 aromatic rings. The molecule has 104 valence electrons. The monoisotopic (exact) mass is 263 g/mol. The van der Waals surface area contributed by atoms with Crippen molar-refractivity contribution in [1.29, 1.82) is 0 Å². The number of likely N-dealkylation sites (tertiary alicyclic amines) is 1. The van der Waals surface area contributed by atoms with Crippen LogP contribution in [0.15, 0.2) is 18.3 Å². The van der Waals surface area contributed by atoms with Crippen LogP contribution < -0.4 is 5.73 Å². The second-order valence-corrected chi connectivity index (χ2v) is 4.87. The summed E-state index contributed by atoms with van der Waals surface area (Å²) in [7, 11) is 0. The summed E-state index contributed by atoms with van der Waals surface area (Å²) in [6.45, 7) is 4.77. The second kappa shape index (κ2) is 6.52. The number of hydrogen-bond acceptors (Lipinski definition) is 5. The molecular weight excluding hydrogens is 242 g/mol. The lowest BCUT2D eigenvalue weighted by Crippen LogP contribution is -2.39. The molecule has 1 aliphatic heterocycles. The normalized spacial score (nSPS) is 20.2.